The van der Waals surface area contributed by atoms with Crippen LogP contribution in [0.25, 0.3) is 5.52 Å². The molecule has 0 saturated carbocycles. The van der Waals surface area contributed by atoms with Gasteiger partial charge in [-0.3, -0.25) is 0 Å². The van der Waals surface area contributed by atoms with Crippen LogP contribution >= 0.6 is 0 Å². The van der Waals surface area contributed by atoms with Crippen LogP contribution in [0.15, 0.2) is 24.5 Å². The highest BCUT2D eigenvalue weighted by Gasteiger charge is 2.12. The Kier molecular flexibility index (Phi) is 2.51. The summed E-state index contributed by atoms with van der Waals surface area (Å²) in [5.41, 5.74) is 4.08. The Morgan fingerprint density at radius 3 is 2.20 bits per heavy atom. The average molecular weight is 202 g/mol. The Morgan fingerprint density at radius 2 is 1.60 bits per heavy atom. The largest absolute Gasteiger partial charge is 0.240 e. The lowest BCUT2D eigenvalue weighted by Crippen LogP contribution is -1.98. The topological polar surface area (TPSA) is 17.3 Å². The Hall–Kier alpha value is -1.31. The maximum atomic E-state index is 4.34. The van der Waals surface area contributed by atoms with E-state index in [1.807, 2.05) is 10.7 Å². The fraction of sp³-hybridized carbons (Fsp3) is 0.462. The van der Waals surface area contributed by atoms with E-state index in [0.29, 0.717) is 11.8 Å². The van der Waals surface area contributed by atoms with Crippen molar-refractivity contribution in [1.82, 2.24) is 9.61 Å². The van der Waals surface area contributed by atoms with Crippen LogP contribution in [0, 0.1) is 0 Å². The minimum atomic E-state index is 0.544. The summed E-state index contributed by atoms with van der Waals surface area (Å²) in [7, 11) is 0. The van der Waals surface area contributed by atoms with Gasteiger partial charge in [0.2, 0.25) is 0 Å². The lowest BCUT2D eigenvalue weighted by molar-refractivity contribution is 0.825. The maximum Gasteiger partial charge on any atom is 0.0715 e. The van der Waals surface area contributed by atoms with Crippen molar-refractivity contribution in [2.45, 2.75) is 39.5 Å². The minimum Gasteiger partial charge on any atom is -0.240 e. The van der Waals surface area contributed by atoms with Crippen molar-refractivity contribution >= 4 is 5.52 Å². The molecule has 2 heteroatoms. The molecule has 0 bridgehead atoms. The van der Waals surface area contributed by atoms with Crippen molar-refractivity contribution in [3.63, 3.8) is 0 Å². The smallest absolute Gasteiger partial charge is 0.0715 e. The lowest BCUT2D eigenvalue weighted by Gasteiger charge is -2.11. The molecule has 2 nitrogen and oxygen atoms in total. The second-order valence-electron chi connectivity index (χ2n) is 4.66. The fourth-order valence-electron chi connectivity index (χ4n) is 2.03. The first kappa shape index (κ1) is 10.2. The molecule has 2 rings (SSSR count). The van der Waals surface area contributed by atoms with Gasteiger partial charge in [0.25, 0.3) is 0 Å². The summed E-state index contributed by atoms with van der Waals surface area (Å²) >= 11 is 0. The second-order valence-corrected chi connectivity index (χ2v) is 4.66. The third-order valence-corrected chi connectivity index (χ3v) is 2.86. The van der Waals surface area contributed by atoms with Gasteiger partial charge < -0.3 is 0 Å². The summed E-state index contributed by atoms with van der Waals surface area (Å²) in [6.45, 7) is 8.91. The van der Waals surface area contributed by atoms with E-state index in [4.69, 9.17) is 0 Å². The Bertz CT molecular complexity index is 466. The molecule has 0 aliphatic heterocycles. The molecular formula is C13H18N2. The third kappa shape index (κ3) is 1.65. The fourth-order valence-corrected chi connectivity index (χ4v) is 2.03. The van der Waals surface area contributed by atoms with Crippen LogP contribution in [0.1, 0.15) is 50.7 Å². The van der Waals surface area contributed by atoms with E-state index in [1.165, 1.54) is 16.6 Å². The molecule has 0 saturated heterocycles. The molecule has 0 spiro atoms. The normalized spacial score (nSPS) is 11.9. The van der Waals surface area contributed by atoms with Crippen LogP contribution in [-0.4, -0.2) is 9.61 Å². The average Bonchev–Trinajstić information content (AvgIpc) is 2.60. The number of fused-ring (bicyclic) bond motifs is 1. The van der Waals surface area contributed by atoms with E-state index in [9.17, 15) is 0 Å². The number of nitrogens with zero attached hydrogens (tertiary/aromatic N) is 2. The molecule has 0 atom stereocenters. The molecule has 2 aromatic rings. The highest BCUT2D eigenvalue weighted by atomic mass is 15.2. The van der Waals surface area contributed by atoms with Crippen LogP contribution < -0.4 is 0 Å². The van der Waals surface area contributed by atoms with Crippen LogP contribution in [-0.2, 0) is 0 Å². The molecule has 15 heavy (non-hydrogen) atoms. The quantitative estimate of drug-likeness (QED) is 0.727. The Morgan fingerprint density at radius 1 is 1.00 bits per heavy atom. The molecule has 0 amide bonds. The van der Waals surface area contributed by atoms with Crippen molar-refractivity contribution in [2.24, 2.45) is 0 Å². The van der Waals surface area contributed by atoms with Crippen molar-refractivity contribution in [2.75, 3.05) is 0 Å². The molecule has 0 N–H and O–H groups in total. The van der Waals surface area contributed by atoms with Crippen LogP contribution in [0.5, 0.6) is 0 Å². The Balaban J connectivity index is 2.75. The zero-order valence-electron chi connectivity index (χ0n) is 9.86. The molecule has 0 fully saturated rings. The second kappa shape index (κ2) is 3.69. The summed E-state index contributed by atoms with van der Waals surface area (Å²) in [6.07, 6.45) is 3.93. The first-order valence-electron chi connectivity index (χ1n) is 5.57. The highest BCUT2D eigenvalue weighted by molar-refractivity contribution is 5.63. The van der Waals surface area contributed by atoms with Crippen LogP contribution in [0.3, 0.4) is 0 Å². The van der Waals surface area contributed by atoms with Gasteiger partial charge in [-0.05, 0) is 35.1 Å². The van der Waals surface area contributed by atoms with E-state index in [1.54, 1.807) is 0 Å². The van der Waals surface area contributed by atoms with Gasteiger partial charge in [0.1, 0.15) is 0 Å². The van der Waals surface area contributed by atoms with Gasteiger partial charge in [0.05, 0.1) is 5.52 Å². The summed E-state index contributed by atoms with van der Waals surface area (Å²) in [6, 6.07) is 4.31. The summed E-state index contributed by atoms with van der Waals surface area (Å²) < 4.78 is 1.99. The maximum absolute atomic E-state index is 4.34. The van der Waals surface area contributed by atoms with Crippen LogP contribution in [0.2, 0.25) is 0 Å². The lowest BCUT2D eigenvalue weighted by atomic mass is 9.97. The van der Waals surface area contributed by atoms with Gasteiger partial charge >= 0.3 is 0 Å². The predicted octanol–water partition coefficient (Wildman–Crippen LogP) is 3.58. The van der Waals surface area contributed by atoms with Gasteiger partial charge in [0.15, 0.2) is 0 Å². The van der Waals surface area contributed by atoms with Crippen molar-refractivity contribution in [3.05, 3.63) is 35.7 Å². The highest BCUT2D eigenvalue weighted by Crippen LogP contribution is 2.27. The molecule has 0 aromatic carbocycles. The molecule has 0 unspecified atom stereocenters. The van der Waals surface area contributed by atoms with E-state index < -0.39 is 0 Å². The molecule has 0 aliphatic rings. The Labute approximate surface area is 90.9 Å². The standard InChI is InChI=1S/C13H18N2/c1-9(2)11-5-7-14-15-8-6-12(10(3)4)13(11)15/h5-10H,1-4H3. The summed E-state index contributed by atoms with van der Waals surface area (Å²) in [5, 5.41) is 4.34. The van der Waals surface area contributed by atoms with E-state index in [2.05, 4.69) is 51.1 Å². The molecule has 80 valence electrons. The van der Waals surface area contributed by atoms with Gasteiger partial charge in [-0.15, -0.1) is 0 Å². The summed E-state index contributed by atoms with van der Waals surface area (Å²) in [5.74, 6) is 1.10. The van der Waals surface area contributed by atoms with Gasteiger partial charge in [-0.25, -0.2) is 4.52 Å². The van der Waals surface area contributed by atoms with Crippen molar-refractivity contribution in [3.8, 4) is 0 Å². The zero-order valence-corrected chi connectivity index (χ0v) is 9.86. The molecular weight excluding hydrogens is 184 g/mol. The summed E-state index contributed by atoms with van der Waals surface area (Å²) in [4.78, 5) is 0. The monoisotopic (exact) mass is 202 g/mol. The van der Waals surface area contributed by atoms with Crippen molar-refractivity contribution < 1.29 is 0 Å². The van der Waals surface area contributed by atoms with E-state index in [0.717, 1.165) is 0 Å². The number of hydrogen-bond acceptors (Lipinski definition) is 1. The predicted molar refractivity (Wildman–Crippen MR) is 63.4 cm³/mol. The van der Waals surface area contributed by atoms with E-state index in [-0.39, 0.29) is 0 Å². The van der Waals surface area contributed by atoms with Crippen LogP contribution in [0.4, 0.5) is 0 Å². The number of aromatic nitrogens is 2. The molecule has 2 aromatic heterocycles. The molecule has 0 aliphatic carbocycles. The molecule has 0 radical (unpaired) electrons. The third-order valence-electron chi connectivity index (χ3n) is 2.86. The number of hydrogen-bond donors (Lipinski definition) is 0. The van der Waals surface area contributed by atoms with Crippen molar-refractivity contribution in [1.29, 1.82) is 0 Å². The van der Waals surface area contributed by atoms with Gasteiger partial charge in [-0.1, -0.05) is 27.7 Å². The molecule has 2 heterocycles. The van der Waals surface area contributed by atoms with E-state index >= 15 is 0 Å². The zero-order chi connectivity index (χ0) is 11.0. The first-order chi connectivity index (χ1) is 7.11. The minimum absolute atomic E-state index is 0.544. The van der Waals surface area contributed by atoms with Gasteiger partial charge in [-0.2, -0.15) is 5.10 Å². The first-order valence-corrected chi connectivity index (χ1v) is 5.57. The van der Waals surface area contributed by atoms with Gasteiger partial charge in [0, 0.05) is 12.4 Å². The number of rotatable bonds is 2. The SMILES string of the molecule is CC(C)c1ccnn2ccc(C(C)C)c12.